The topological polar surface area (TPSA) is 37.8 Å². The molecule has 1 saturated carbocycles. The Bertz CT molecular complexity index is 619. The second-order valence-electron chi connectivity index (χ2n) is 6.61. The quantitative estimate of drug-likeness (QED) is 0.882. The molecule has 1 aromatic heterocycles. The van der Waals surface area contributed by atoms with Crippen molar-refractivity contribution in [3.05, 3.63) is 30.0 Å². The van der Waals surface area contributed by atoms with Crippen LogP contribution in [-0.4, -0.2) is 16.2 Å². The Morgan fingerprint density at radius 2 is 1.85 bits per heavy atom. The van der Waals surface area contributed by atoms with Crippen molar-refractivity contribution in [1.29, 1.82) is 0 Å². The molecular formula is C17H23N3. The first-order valence-corrected chi connectivity index (χ1v) is 7.56. The van der Waals surface area contributed by atoms with Crippen LogP contribution in [0.15, 0.2) is 24.3 Å². The van der Waals surface area contributed by atoms with Crippen molar-refractivity contribution in [2.45, 2.75) is 52.5 Å². The monoisotopic (exact) mass is 269 g/mol. The summed E-state index contributed by atoms with van der Waals surface area (Å²) >= 11 is 0. The molecule has 1 heterocycles. The lowest BCUT2D eigenvalue weighted by Gasteiger charge is -2.39. The van der Waals surface area contributed by atoms with Crippen LogP contribution in [0.4, 0.5) is 5.82 Å². The van der Waals surface area contributed by atoms with Gasteiger partial charge in [0.1, 0.15) is 0 Å². The van der Waals surface area contributed by atoms with Gasteiger partial charge in [0.05, 0.1) is 5.69 Å². The molecule has 0 spiro atoms. The fraction of sp³-hybridized carbons (Fsp3) is 0.529. The number of benzene rings is 1. The SMILES string of the molecule is Cc1nnc(NC2CCCCC2(C)C)c2ccccc12. The summed E-state index contributed by atoms with van der Waals surface area (Å²) in [5, 5.41) is 14.8. The molecule has 1 aliphatic carbocycles. The van der Waals surface area contributed by atoms with Gasteiger partial charge in [0.2, 0.25) is 0 Å². The van der Waals surface area contributed by atoms with E-state index >= 15 is 0 Å². The van der Waals surface area contributed by atoms with Gasteiger partial charge in [-0.1, -0.05) is 51.0 Å². The molecule has 0 aliphatic heterocycles. The Morgan fingerprint density at radius 1 is 1.10 bits per heavy atom. The van der Waals surface area contributed by atoms with Crippen LogP contribution in [0.2, 0.25) is 0 Å². The van der Waals surface area contributed by atoms with Crippen molar-refractivity contribution >= 4 is 16.6 Å². The van der Waals surface area contributed by atoms with E-state index in [0.29, 0.717) is 11.5 Å². The number of nitrogens with zero attached hydrogens (tertiary/aromatic N) is 2. The van der Waals surface area contributed by atoms with Crippen LogP contribution >= 0.6 is 0 Å². The maximum Gasteiger partial charge on any atom is 0.156 e. The van der Waals surface area contributed by atoms with E-state index in [1.165, 1.54) is 36.5 Å². The summed E-state index contributed by atoms with van der Waals surface area (Å²) in [5.41, 5.74) is 1.32. The zero-order chi connectivity index (χ0) is 14.2. The molecule has 1 aliphatic rings. The second-order valence-corrected chi connectivity index (χ2v) is 6.61. The largest absolute Gasteiger partial charge is 0.365 e. The highest BCUT2D eigenvalue weighted by Crippen LogP contribution is 2.37. The molecule has 106 valence electrons. The van der Waals surface area contributed by atoms with E-state index in [9.17, 15) is 0 Å². The maximum absolute atomic E-state index is 4.40. The van der Waals surface area contributed by atoms with Crippen LogP contribution in [0.3, 0.4) is 0 Å². The van der Waals surface area contributed by atoms with Crippen LogP contribution in [0, 0.1) is 12.3 Å². The molecule has 0 bridgehead atoms. The summed E-state index contributed by atoms with van der Waals surface area (Å²) in [6.07, 6.45) is 5.14. The van der Waals surface area contributed by atoms with E-state index in [2.05, 4.69) is 53.6 Å². The summed E-state index contributed by atoms with van der Waals surface area (Å²) in [4.78, 5) is 0. The van der Waals surface area contributed by atoms with Gasteiger partial charge < -0.3 is 5.32 Å². The second kappa shape index (κ2) is 5.04. The van der Waals surface area contributed by atoms with Crippen LogP contribution in [0.1, 0.15) is 45.2 Å². The minimum atomic E-state index is 0.325. The molecule has 3 rings (SSSR count). The molecule has 1 aromatic carbocycles. The summed E-state index contributed by atoms with van der Waals surface area (Å²) in [6.45, 7) is 6.73. The fourth-order valence-corrected chi connectivity index (χ4v) is 3.27. The van der Waals surface area contributed by atoms with Crippen molar-refractivity contribution in [2.24, 2.45) is 5.41 Å². The van der Waals surface area contributed by atoms with Gasteiger partial charge in [0.25, 0.3) is 0 Å². The van der Waals surface area contributed by atoms with Gasteiger partial charge >= 0.3 is 0 Å². The third kappa shape index (κ3) is 2.37. The molecule has 3 heteroatoms. The number of aromatic nitrogens is 2. The van der Waals surface area contributed by atoms with Gasteiger partial charge in [0, 0.05) is 16.8 Å². The molecule has 1 unspecified atom stereocenters. The zero-order valence-electron chi connectivity index (χ0n) is 12.6. The third-order valence-electron chi connectivity index (χ3n) is 4.69. The minimum Gasteiger partial charge on any atom is -0.365 e. The molecule has 2 aromatic rings. The zero-order valence-corrected chi connectivity index (χ0v) is 12.6. The summed E-state index contributed by atoms with van der Waals surface area (Å²) in [6, 6.07) is 8.87. The lowest BCUT2D eigenvalue weighted by atomic mass is 9.73. The van der Waals surface area contributed by atoms with Gasteiger partial charge in [0.15, 0.2) is 5.82 Å². The predicted octanol–water partition coefficient (Wildman–Crippen LogP) is 4.32. The van der Waals surface area contributed by atoms with Gasteiger partial charge in [-0.15, -0.1) is 5.10 Å². The Hall–Kier alpha value is -1.64. The smallest absolute Gasteiger partial charge is 0.156 e. The van der Waals surface area contributed by atoms with Crippen molar-refractivity contribution in [1.82, 2.24) is 10.2 Å². The normalized spacial score (nSPS) is 21.9. The number of anilines is 1. The van der Waals surface area contributed by atoms with Gasteiger partial charge in [-0.3, -0.25) is 0 Å². The maximum atomic E-state index is 4.40. The average molecular weight is 269 g/mol. The molecule has 0 saturated heterocycles. The van der Waals surface area contributed by atoms with Crippen molar-refractivity contribution in [3.8, 4) is 0 Å². The number of aryl methyl sites for hydroxylation is 1. The number of hydrogen-bond donors (Lipinski definition) is 1. The van der Waals surface area contributed by atoms with Crippen molar-refractivity contribution in [3.63, 3.8) is 0 Å². The molecule has 20 heavy (non-hydrogen) atoms. The highest BCUT2D eigenvalue weighted by molar-refractivity contribution is 5.92. The van der Waals surface area contributed by atoms with Gasteiger partial charge in [-0.05, 0) is 25.2 Å². The summed E-state index contributed by atoms with van der Waals surface area (Å²) < 4.78 is 0. The highest BCUT2D eigenvalue weighted by atomic mass is 15.2. The number of hydrogen-bond acceptors (Lipinski definition) is 3. The highest BCUT2D eigenvalue weighted by Gasteiger charge is 2.32. The van der Waals surface area contributed by atoms with Gasteiger partial charge in [-0.25, -0.2) is 0 Å². The first-order chi connectivity index (χ1) is 9.58. The average Bonchev–Trinajstić information content (AvgIpc) is 2.44. The third-order valence-corrected chi connectivity index (χ3v) is 4.69. The molecule has 0 amide bonds. The van der Waals surface area contributed by atoms with E-state index in [0.717, 1.165) is 11.5 Å². The Balaban J connectivity index is 1.97. The van der Waals surface area contributed by atoms with Gasteiger partial charge in [-0.2, -0.15) is 5.10 Å². The molecule has 3 nitrogen and oxygen atoms in total. The number of fused-ring (bicyclic) bond motifs is 1. The first kappa shape index (κ1) is 13.3. The van der Waals surface area contributed by atoms with Crippen LogP contribution in [-0.2, 0) is 0 Å². The van der Waals surface area contributed by atoms with E-state index in [1.807, 2.05) is 6.92 Å². The number of rotatable bonds is 2. The predicted molar refractivity (Wildman–Crippen MR) is 83.9 cm³/mol. The van der Waals surface area contributed by atoms with E-state index in [-0.39, 0.29) is 0 Å². The fourth-order valence-electron chi connectivity index (χ4n) is 3.27. The van der Waals surface area contributed by atoms with Crippen molar-refractivity contribution < 1.29 is 0 Å². The van der Waals surface area contributed by atoms with E-state index < -0.39 is 0 Å². The Kier molecular flexibility index (Phi) is 3.36. The Morgan fingerprint density at radius 3 is 2.60 bits per heavy atom. The van der Waals surface area contributed by atoms with Crippen molar-refractivity contribution in [2.75, 3.05) is 5.32 Å². The standard InChI is InChI=1S/C17H23N3/c1-12-13-8-4-5-9-14(13)16(20-19-12)18-15-10-6-7-11-17(15,2)3/h4-5,8-9,15H,6-7,10-11H2,1-3H3,(H,18,20). The lowest BCUT2D eigenvalue weighted by molar-refractivity contribution is 0.216. The minimum absolute atomic E-state index is 0.325. The Labute approximate surface area is 120 Å². The van der Waals surface area contributed by atoms with Crippen LogP contribution < -0.4 is 5.32 Å². The number of nitrogens with one attached hydrogen (secondary N) is 1. The molecule has 1 atom stereocenters. The molecular weight excluding hydrogens is 246 g/mol. The molecule has 1 N–H and O–H groups in total. The van der Waals surface area contributed by atoms with Crippen LogP contribution in [0.25, 0.3) is 10.8 Å². The first-order valence-electron chi connectivity index (χ1n) is 7.56. The van der Waals surface area contributed by atoms with Crippen LogP contribution in [0.5, 0.6) is 0 Å². The molecule has 1 fully saturated rings. The summed E-state index contributed by atoms with van der Waals surface area (Å²) in [5.74, 6) is 0.936. The van der Waals surface area contributed by atoms with E-state index in [4.69, 9.17) is 0 Å². The van der Waals surface area contributed by atoms with E-state index in [1.54, 1.807) is 0 Å². The molecule has 0 radical (unpaired) electrons. The lowest BCUT2D eigenvalue weighted by Crippen LogP contribution is -2.39. The summed E-state index contributed by atoms with van der Waals surface area (Å²) in [7, 11) is 0.